The zero-order chi connectivity index (χ0) is 27.7. The number of carbonyl (C=O) groups excluding carboxylic acids is 3. The number of nitrogens with zero attached hydrogens (tertiary/aromatic N) is 3. The predicted octanol–water partition coefficient (Wildman–Crippen LogP) is 2.98. The molecule has 5 rings (SSSR count). The summed E-state index contributed by atoms with van der Waals surface area (Å²) in [5.74, 6) is 1.59. The highest BCUT2D eigenvalue weighted by atomic mass is 16.5. The average Bonchev–Trinajstić information content (AvgIpc) is 3.00. The third kappa shape index (κ3) is 7.33. The van der Waals surface area contributed by atoms with Crippen LogP contribution in [0, 0.1) is 11.8 Å². The van der Waals surface area contributed by atoms with E-state index < -0.39 is 0 Å². The lowest BCUT2D eigenvalue weighted by Gasteiger charge is -2.40. The third-order valence-electron chi connectivity index (χ3n) is 8.14. The molecule has 2 aromatic rings. The summed E-state index contributed by atoms with van der Waals surface area (Å²) in [7, 11) is 0. The van der Waals surface area contributed by atoms with E-state index in [1.807, 2.05) is 52.3 Å². The summed E-state index contributed by atoms with van der Waals surface area (Å²) in [6.07, 6.45) is 2.98. The Balaban J connectivity index is 1.30. The Morgan fingerprint density at radius 2 is 1.62 bits per heavy atom. The number of carbonyl (C=O) groups is 3. The lowest BCUT2D eigenvalue weighted by Crippen LogP contribution is -2.50. The summed E-state index contributed by atoms with van der Waals surface area (Å²) in [5.41, 5.74) is 0.856. The molecule has 9 heteroatoms. The van der Waals surface area contributed by atoms with Gasteiger partial charge in [0.25, 0.3) is 5.91 Å². The van der Waals surface area contributed by atoms with Crippen molar-refractivity contribution in [2.75, 3.05) is 59.2 Å². The van der Waals surface area contributed by atoms with Crippen molar-refractivity contribution in [3.8, 4) is 11.5 Å². The van der Waals surface area contributed by atoms with Gasteiger partial charge in [-0.3, -0.25) is 14.4 Å². The minimum Gasteiger partial charge on any atom is -0.493 e. The van der Waals surface area contributed by atoms with Gasteiger partial charge in [0.1, 0.15) is 18.0 Å². The van der Waals surface area contributed by atoms with Crippen LogP contribution in [0.15, 0.2) is 54.6 Å². The molecule has 0 aromatic heterocycles. The predicted molar refractivity (Wildman–Crippen MR) is 149 cm³/mol. The molecule has 0 radical (unpaired) electrons. The normalized spacial score (nSPS) is 22.2. The second-order valence-corrected chi connectivity index (χ2v) is 10.8. The lowest BCUT2D eigenvalue weighted by atomic mass is 9.80. The van der Waals surface area contributed by atoms with E-state index in [0.29, 0.717) is 58.2 Å². The van der Waals surface area contributed by atoms with Crippen LogP contribution in [-0.2, 0) is 25.7 Å². The fourth-order valence-electron chi connectivity index (χ4n) is 5.83. The van der Waals surface area contributed by atoms with Crippen LogP contribution in [0.5, 0.6) is 11.5 Å². The number of fused-ring (bicyclic) bond motifs is 3. The van der Waals surface area contributed by atoms with Gasteiger partial charge in [0.15, 0.2) is 6.61 Å². The van der Waals surface area contributed by atoms with Crippen LogP contribution in [-0.4, -0.2) is 91.6 Å². The van der Waals surface area contributed by atoms with E-state index in [1.54, 1.807) is 17.0 Å². The minimum atomic E-state index is -0.260. The SMILES string of the molecule is O=C(C[C@@H]1CCN2C[C@@H]1CCCOc1ccccc1CN(C(=O)COc1ccccc1)CC2=O)N1CCOCC1. The molecular weight excluding hydrogens is 510 g/mol. The molecule has 2 bridgehead atoms. The van der Waals surface area contributed by atoms with Gasteiger partial charge in [-0.25, -0.2) is 0 Å². The minimum absolute atomic E-state index is 0.0323. The molecule has 2 atom stereocenters. The number of rotatable bonds is 5. The zero-order valence-corrected chi connectivity index (χ0v) is 23.0. The highest BCUT2D eigenvalue weighted by Crippen LogP contribution is 2.32. The van der Waals surface area contributed by atoms with Crippen LogP contribution >= 0.6 is 0 Å². The summed E-state index contributed by atoms with van der Waals surface area (Å²) in [5, 5.41) is 0. The van der Waals surface area contributed by atoms with E-state index in [4.69, 9.17) is 14.2 Å². The molecule has 2 aromatic carbocycles. The van der Waals surface area contributed by atoms with Crippen LogP contribution < -0.4 is 9.47 Å². The number of hydrogen-bond acceptors (Lipinski definition) is 6. The molecule has 3 heterocycles. The molecule has 2 saturated heterocycles. The highest BCUT2D eigenvalue weighted by Gasteiger charge is 2.35. The molecule has 3 aliphatic heterocycles. The van der Waals surface area contributed by atoms with Crippen LogP contribution in [0.2, 0.25) is 0 Å². The van der Waals surface area contributed by atoms with Crippen LogP contribution in [0.4, 0.5) is 0 Å². The van der Waals surface area contributed by atoms with Gasteiger partial charge < -0.3 is 28.9 Å². The monoisotopic (exact) mass is 549 g/mol. The molecule has 2 fully saturated rings. The van der Waals surface area contributed by atoms with E-state index in [-0.39, 0.29) is 49.3 Å². The molecule has 0 aliphatic carbocycles. The Morgan fingerprint density at radius 1 is 0.850 bits per heavy atom. The Bertz CT molecular complexity index is 1150. The van der Waals surface area contributed by atoms with Crippen LogP contribution in [0.25, 0.3) is 0 Å². The van der Waals surface area contributed by atoms with Gasteiger partial charge in [-0.15, -0.1) is 0 Å². The first-order valence-corrected chi connectivity index (χ1v) is 14.4. The first kappa shape index (κ1) is 28.0. The standard InChI is InChI=1S/C31H39N3O6/c35-29(32-14-17-38-18-15-32)19-24-12-13-33-20-25(24)8-6-16-39-28-11-5-4-7-26(28)21-34(22-30(33)36)31(37)23-40-27-9-2-1-3-10-27/h1-5,7,9-11,24-25H,6,8,12-23H2/t24-,25-/m0/s1. The molecule has 40 heavy (non-hydrogen) atoms. The molecule has 9 nitrogen and oxygen atoms in total. The molecule has 0 spiro atoms. The zero-order valence-electron chi connectivity index (χ0n) is 23.0. The molecule has 3 amide bonds. The third-order valence-corrected chi connectivity index (χ3v) is 8.14. The largest absolute Gasteiger partial charge is 0.493 e. The van der Waals surface area contributed by atoms with Crippen molar-refractivity contribution in [2.45, 2.75) is 32.2 Å². The average molecular weight is 550 g/mol. The number of piperidine rings is 1. The second kappa shape index (κ2) is 13.7. The van der Waals surface area contributed by atoms with Crippen molar-refractivity contribution < 1.29 is 28.6 Å². The summed E-state index contributed by atoms with van der Waals surface area (Å²) < 4.78 is 17.3. The second-order valence-electron chi connectivity index (χ2n) is 10.8. The summed E-state index contributed by atoms with van der Waals surface area (Å²) >= 11 is 0. The van der Waals surface area contributed by atoms with Crippen molar-refractivity contribution >= 4 is 17.7 Å². The van der Waals surface area contributed by atoms with Crippen LogP contribution in [0.3, 0.4) is 0 Å². The number of benzene rings is 2. The topological polar surface area (TPSA) is 88.6 Å². The Kier molecular flexibility index (Phi) is 9.54. The van der Waals surface area contributed by atoms with Gasteiger partial charge in [0.2, 0.25) is 11.8 Å². The molecular formula is C31H39N3O6. The van der Waals surface area contributed by atoms with Gasteiger partial charge in [-0.1, -0.05) is 36.4 Å². The maximum atomic E-state index is 13.6. The van der Waals surface area contributed by atoms with E-state index in [1.165, 1.54) is 0 Å². The Hall–Kier alpha value is -3.59. The van der Waals surface area contributed by atoms with Crippen molar-refractivity contribution in [1.82, 2.24) is 14.7 Å². The van der Waals surface area contributed by atoms with Gasteiger partial charge >= 0.3 is 0 Å². The number of amides is 3. The summed E-state index contributed by atoms with van der Waals surface area (Å²) in [6.45, 7) is 4.26. The molecule has 214 valence electrons. The molecule has 0 saturated carbocycles. The van der Waals surface area contributed by atoms with Gasteiger partial charge in [-0.05, 0) is 49.3 Å². The molecule has 0 N–H and O–H groups in total. The molecule has 0 unspecified atom stereocenters. The van der Waals surface area contributed by atoms with E-state index >= 15 is 0 Å². The fraction of sp³-hybridized carbons (Fsp3) is 0.516. The first-order chi connectivity index (χ1) is 19.6. The van der Waals surface area contributed by atoms with Crippen LogP contribution in [0.1, 0.15) is 31.2 Å². The number of hydrogen-bond donors (Lipinski definition) is 0. The van der Waals surface area contributed by atoms with Crippen molar-refractivity contribution in [3.63, 3.8) is 0 Å². The lowest BCUT2D eigenvalue weighted by molar-refractivity contribution is -0.144. The summed E-state index contributed by atoms with van der Waals surface area (Å²) in [6, 6.07) is 16.9. The fourth-order valence-corrected chi connectivity index (χ4v) is 5.83. The smallest absolute Gasteiger partial charge is 0.261 e. The van der Waals surface area contributed by atoms with Crippen molar-refractivity contribution in [3.05, 3.63) is 60.2 Å². The quantitative estimate of drug-likeness (QED) is 0.570. The van der Waals surface area contributed by atoms with Crippen molar-refractivity contribution in [2.24, 2.45) is 11.8 Å². The van der Waals surface area contributed by atoms with Gasteiger partial charge in [0, 0.05) is 44.7 Å². The maximum absolute atomic E-state index is 13.6. The van der Waals surface area contributed by atoms with Gasteiger partial charge in [-0.2, -0.15) is 0 Å². The number of morpholine rings is 1. The van der Waals surface area contributed by atoms with E-state index in [9.17, 15) is 14.4 Å². The van der Waals surface area contributed by atoms with E-state index in [2.05, 4.69) is 0 Å². The Labute approximate surface area is 236 Å². The molecule has 3 aliphatic rings. The van der Waals surface area contributed by atoms with Gasteiger partial charge in [0.05, 0.1) is 19.8 Å². The van der Waals surface area contributed by atoms with Crippen molar-refractivity contribution in [1.29, 1.82) is 0 Å². The summed E-state index contributed by atoms with van der Waals surface area (Å²) in [4.78, 5) is 45.3. The Morgan fingerprint density at radius 3 is 2.45 bits per heavy atom. The number of para-hydroxylation sites is 2. The van der Waals surface area contributed by atoms with E-state index in [0.717, 1.165) is 30.6 Å². The first-order valence-electron chi connectivity index (χ1n) is 14.4. The highest BCUT2D eigenvalue weighted by molar-refractivity contribution is 5.85. The number of ether oxygens (including phenoxy) is 3. The maximum Gasteiger partial charge on any atom is 0.261 e.